The molecular formula is C18H17ClN2O4S. The highest BCUT2D eigenvalue weighted by molar-refractivity contribution is 7.91. The van der Waals surface area contributed by atoms with Gasteiger partial charge in [-0.3, -0.25) is 9.59 Å². The molecule has 6 nitrogen and oxygen atoms in total. The molecule has 1 atom stereocenters. The molecule has 136 valence electrons. The Labute approximate surface area is 156 Å². The van der Waals surface area contributed by atoms with E-state index in [0.717, 1.165) is 0 Å². The highest BCUT2D eigenvalue weighted by Crippen LogP contribution is 2.21. The highest BCUT2D eigenvalue weighted by Gasteiger charge is 2.29. The fourth-order valence-electron chi connectivity index (χ4n) is 2.71. The lowest BCUT2D eigenvalue weighted by molar-refractivity contribution is 0.0939. The van der Waals surface area contributed by atoms with Crippen LogP contribution in [0.4, 0.5) is 5.69 Å². The molecule has 2 aromatic rings. The van der Waals surface area contributed by atoms with Gasteiger partial charge in [-0.1, -0.05) is 23.7 Å². The first-order chi connectivity index (χ1) is 12.3. The number of sulfone groups is 1. The number of halogens is 1. The van der Waals surface area contributed by atoms with Gasteiger partial charge in [0.15, 0.2) is 9.84 Å². The summed E-state index contributed by atoms with van der Waals surface area (Å²) in [6, 6.07) is 12.7. The third kappa shape index (κ3) is 4.42. The zero-order valence-electron chi connectivity index (χ0n) is 13.7. The van der Waals surface area contributed by atoms with Gasteiger partial charge in [0, 0.05) is 17.2 Å². The largest absolute Gasteiger partial charge is 0.348 e. The smallest absolute Gasteiger partial charge is 0.255 e. The summed E-state index contributed by atoms with van der Waals surface area (Å²) in [4.78, 5) is 24.5. The molecule has 1 saturated heterocycles. The molecule has 1 fully saturated rings. The van der Waals surface area contributed by atoms with E-state index in [9.17, 15) is 18.0 Å². The fraction of sp³-hybridized carbons (Fsp3) is 0.222. The highest BCUT2D eigenvalue weighted by atomic mass is 35.5. The molecule has 1 aliphatic rings. The van der Waals surface area contributed by atoms with Crippen molar-refractivity contribution in [1.82, 2.24) is 5.32 Å². The molecule has 2 aromatic carbocycles. The molecule has 0 aliphatic carbocycles. The van der Waals surface area contributed by atoms with E-state index in [-0.39, 0.29) is 29.4 Å². The summed E-state index contributed by atoms with van der Waals surface area (Å²) in [5.41, 5.74) is 1.25. The number of hydrogen-bond donors (Lipinski definition) is 2. The number of carbonyl (C=O) groups is 2. The Bertz CT molecular complexity index is 942. The molecule has 3 rings (SSSR count). The average Bonchev–Trinajstić information content (AvgIpc) is 2.95. The van der Waals surface area contributed by atoms with E-state index in [2.05, 4.69) is 10.6 Å². The second-order valence-corrected chi connectivity index (χ2v) is 8.72. The van der Waals surface area contributed by atoms with Gasteiger partial charge in [-0.2, -0.15) is 0 Å². The van der Waals surface area contributed by atoms with Gasteiger partial charge in [0.2, 0.25) is 0 Å². The van der Waals surface area contributed by atoms with Crippen molar-refractivity contribution in [2.45, 2.75) is 12.5 Å². The zero-order chi connectivity index (χ0) is 18.7. The summed E-state index contributed by atoms with van der Waals surface area (Å²) in [7, 11) is -3.05. The second-order valence-electron chi connectivity index (χ2n) is 6.08. The molecule has 1 heterocycles. The van der Waals surface area contributed by atoms with Crippen LogP contribution in [0.15, 0.2) is 48.5 Å². The van der Waals surface area contributed by atoms with Crippen molar-refractivity contribution in [3.8, 4) is 0 Å². The summed E-state index contributed by atoms with van der Waals surface area (Å²) in [6.07, 6.45) is 0.423. The van der Waals surface area contributed by atoms with E-state index in [1.165, 1.54) is 24.3 Å². The first-order valence-corrected chi connectivity index (χ1v) is 10.2. The number of carbonyl (C=O) groups excluding carboxylic acids is 2. The van der Waals surface area contributed by atoms with E-state index in [0.29, 0.717) is 28.3 Å². The van der Waals surface area contributed by atoms with Crippen LogP contribution in [-0.2, 0) is 9.84 Å². The van der Waals surface area contributed by atoms with Gasteiger partial charge in [-0.15, -0.1) is 0 Å². The SMILES string of the molecule is O=C(Nc1ccccc1Cl)c1ccc(C(=O)NC2CCS(=O)(=O)C2)cc1. The number of rotatable bonds is 4. The average molecular weight is 393 g/mol. The van der Waals surface area contributed by atoms with Crippen molar-refractivity contribution in [2.75, 3.05) is 16.8 Å². The molecule has 0 aromatic heterocycles. The minimum absolute atomic E-state index is 0.0307. The number of benzene rings is 2. The van der Waals surface area contributed by atoms with Crippen LogP contribution >= 0.6 is 11.6 Å². The van der Waals surface area contributed by atoms with Crippen LogP contribution in [0, 0.1) is 0 Å². The van der Waals surface area contributed by atoms with Crippen LogP contribution in [-0.4, -0.2) is 37.8 Å². The predicted molar refractivity (Wildman–Crippen MR) is 100 cm³/mol. The number of nitrogens with one attached hydrogen (secondary N) is 2. The maximum atomic E-state index is 12.3. The van der Waals surface area contributed by atoms with Crippen molar-refractivity contribution >= 4 is 38.9 Å². The molecular weight excluding hydrogens is 376 g/mol. The van der Waals surface area contributed by atoms with Crippen LogP contribution in [0.5, 0.6) is 0 Å². The van der Waals surface area contributed by atoms with Gasteiger partial charge < -0.3 is 10.6 Å². The maximum absolute atomic E-state index is 12.3. The summed E-state index contributed by atoms with van der Waals surface area (Å²) < 4.78 is 22.9. The molecule has 8 heteroatoms. The van der Waals surface area contributed by atoms with Crippen LogP contribution in [0.3, 0.4) is 0 Å². The fourth-order valence-corrected chi connectivity index (χ4v) is 4.56. The van der Waals surface area contributed by atoms with Crippen molar-refractivity contribution in [1.29, 1.82) is 0 Å². The minimum Gasteiger partial charge on any atom is -0.348 e. The molecule has 0 saturated carbocycles. The summed E-state index contributed by atoms with van der Waals surface area (Å²) in [6.45, 7) is 0. The van der Waals surface area contributed by atoms with Gasteiger partial charge >= 0.3 is 0 Å². The van der Waals surface area contributed by atoms with Crippen molar-refractivity contribution in [3.05, 3.63) is 64.7 Å². The number of anilines is 1. The molecule has 2 N–H and O–H groups in total. The van der Waals surface area contributed by atoms with Crippen molar-refractivity contribution in [3.63, 3.8) is 0 Å². The molecule has 1 aliphatic heterocycles. The molecule has 26 heavy (non-hydrogen) atoms. The van der Waals surface area contributed by atoms with Crippen LogP contribution in [0.25, 0.3) is 0 Å². The van der Waals surface area contributed by atoms with Gasteiger partial charge in [0.1, 0.15) is 0 Å². The van der Waals surface area contributed by atoms with Crippen molar-refractivity contribution < 1.29 is 18.0 Å². The second kappa shape index (κ2) is 7.47. The first-order valence-electron chi connectivity index (χ1n) is 8.01. The Hall–Kier alpha value is -2.38. The van der Waals surface area contributed by atoms with E-state index in [1.54, 1.807) is 24.3 Å². The Morgan fingerprint density at radius 2 is 1.58 bits per heavy atom. The summed E-state index contributed by atoms with van der Waals surface area (Å²) in [5, 5.41) is 5.85. The normalized spacial score (nSPS) is 18.3. The lowest BCUT2D eigenvalue weighted by atomic mass is 10.1. The number of hydrogen-bond acceptors (Lipinski definition) is 4. The Morgan fingerprint density at radius 1 is 0.962 bits per heavy atom. The quantitative estimate of drug-likeness (QED) is 0.836. The summed E-state index contributed by atoms with van der Waals surface area (Å²) in [5.74, 6) is -0.631. The monoisotopic (exact) mass is 392 g/mol. The van der Waals surface area contributed by atoms with E-state index in [4.69, 9.17) is 11.6 Å². The van der Waals surface area contributed by atoms with Crippen LogP contribution in [0.2, 0.25) is 5.02 Å². The van der Waals surface area contributed by atoms with E-state index >= 15 is 0 Å². The van der Waals surface area contributed by atoms with Crippen LogP contribution < -0.4 is 10.6 Å². The predicted octanol–water partition coefficient (Wildman–Crippen LogP) is 2.51. The standard InChI is InChI=1S/C18H17ClN2O4S/c19-15-3-1-2-4-16(15)21-18(23)13-7-5-12(6-8-13)17(22)20-14-9-10-26(24,25)11-14/h1-8,14H,9-11H2,(H,20,22)(H,21,23). The lowest BCUT2D eigenvalue weighted by Crippen LogP contribution is -2.35. The van der Waals surface area contributed by atoms with Gasteiger partial charge in [0.05, 0.1) is 22.2 Å². The van der Waals surface area contributed by atoms with E-state index in [1.807, 2.05) is 0 Å². The topological polar surface area (TPSA) is 92.3 Å². The number of amides is 2. The lowest BCUT2D eigenvalue weighted by Gasteiger charge is -2.11. The zero-order valence-corrected chi connectivity index (χ0v) is 15.3. The molecule has 0 bridgehead atoms. The first kappa shape index (κ1) is 18.4. The summed E-state index contributed by atoms with van der Waals surface area (Å²) >= 11 is 6.01. The molecule has 1 unspecified atom stereocenters. The van der Waals surface area contributed by atoms with Crippen LogP contribution in [0.1, 0.15) is 27.1 Å². The van der Waals surface area contributed by atoms with Gasteiger partial charge in [-0.05, 0) is 42.8 Å². The third-order valence-corrected chi connectivity index (χ3v) is 6.20. The Kier molecular flexibility index (Phi) is 5.29. The Balaban J connectivity index is 1.63. The maximum Gasteiger partial charge on any atom is 0.255 e. The Morgan fingerprint density at radius 3 is 2.15 bits per heavy atom. The third-order valence-electron chi connectivity index (χ3n) is 4.10. The minimum atomic E-state index is -3.05. The van der Waals surface area contributed by atoms with Crippen molar-refractivity contribution in [2.24, 2.45) is 0 Å². The van der Waals surface area contributed by atoms with Gasteiger partial charge in [-0.25, -0.2) is 8.42 Å². The molecule has 0 spiro atoms. The number of para-hydroxylation sites is 1. The van der Waals surface area contributed by atoms with E-state index < -0.39 is 9.84 Å². The van der Waals surface area contributed by atoms with Gasteiger partial charge in [0.25, 0.3) is 11.8 Å². The molecule has 2 amide bonds. The molecule has 0 radical (unpaired) electrons.